The molecule has 4 nitrogen and oxygen atoms in total. The summed E-state index contributed by atoms with van der Waals surface area (Å²) in [7, 11) is 0. The molecule has 2 rings (SSSR count). The van der Waals surface area contributed by atoms with Gasteiger partial charge in [0.1, 0.15) is 0 Å². The second kappa shape index (κ2) is 5.23. The number of rotatable bonds is 3. The Labute approximate surface area is 110 Å². The van der Waals surface area contributed by atoms with Crippen molar-refractivity contribution in [2.75, 3.05) is 6.54 Å². The average molecular weight is 264 g/mol. The van der Waals surface area contributed by atoms with Crippen LogP contribution >= 0.6 is 11.6 Å². The third kappa shape index (κ3) is 2.38. The Morgan fingerprint density at radius 3 is 2.94 bits per heavy atom. The van der Waals surface area contributed by atoms with Gasteiger partial charge in [0, 0.05) is 23.5 Å². The van der Waals surface area contributed by atoms with E-state index < -0.39 is 0 Å². The number of aliphatic imine (C=N–C) groups is 1. The molecule has 0 radical (unpaired) electrons. The van der Waals surface area contributed by atoms with Gasteiger partial charge in [0.15, 0.2) is 0 Å². The molecule has 0 bridgehead atoms. The zero-order valence-electron chi connectivity index (χ0n) is 10.3. The van der Waals surface area contributed by atoms with Crippen LogP contribution in [0, 0.1) is 6.92 Å². The predicted molar refractivity (Wildman–Crippen MR) is 74.3 cm³/mol. The van der Waals surface area contributed by atoms with E-state index >= 15 is 0 Å². The molecule has 0 saturated carbocycles. The van der Waals surface area contributed by atoms with Crippen LogP contribution in [0.4, 0.5) is 0 Å². The predicted octanol–water partition coefficient (Wildman–Crippen LogP) is 2.57. The minimum Gasteiger partial charge on any atom is -0.295 e. The maximum absolute atomic E-state index is 12.2. The molecule has 0 aliphatic heterocycles. The second-order valence-electron chi connectivity index (χ2n) is 3.90. The van der Waals surface area contributed by atoms with Gasteiger partial charge in [-0.15, -0.1) is 0 Å². The number of aromatic amines is 1. The molecule has 1 aromatic carbocycles. The highest BCUT2D eigenvalue weighted by atomic mass is 35.5. The lowest BCUT2D eigenvalue weighted by Gasteiger charge is -2.01. The third-order valence-electron chi connectivity index (χ3n) is 2.59. The van der Waals surface area contributed by atoms with Gasteiger partial charge < -0.3 is 0 Å². The van der Waals surface area contributed by atoms with Crippen molar-refractivity contribution >= 4 is 17.8 Å². The molecule has 0 saturated heterocycles. The van der Waals surface area contributed by atoms with Crippen LogP contribution in [0.15, 0.2) is 34.1 Å². The number of aryl methyl sites for hydroxylation is 1. The standard InChI is InChI=1S/C13H14ClN3O/c1-3-15-8-12-9(2)16-17(13(12)18)11-6-4-5-10(14)7-11/h4-8,16H,3H2,1-2H3. The molecule has 0 fully saturated rings. The van der Waals surface area contributed by atoms with E-state index in [2.05, 4.69) is 10.1 Å². The Hall–Kier alpha value is -1.81. The van der Waals surface area contributed by atoms with Gasteiger partial charge in [-0.1, -0.05) is 17.7 Å². The molecule has 0 aliphatic rings. The van der Waals surface area contributed by atoms with E-state index in [1.807, 2.05) is 19.9 Å². The zero-order valence-corrected chi connectivity index (χ0v) is 11.0. The van der Waals surface area contributed by atoms with Crippen molar-refractivity contribution < 1.29 is 0 Å². The summed E-state index contributed by atoms with van der Waals surface area (Å²) < 4.78 is 1.47. The van der Waals surface area contributed by atoms with Crippen molar-refractivity contribution in [3.63, 3.8) is 0 Å². The van der Waals surface area contributed by atoms with Crippen LogP contribution in [-0.4, -0.2) is 22.5 Å². The zero-order chi connectivity index (χ0) is 13.1. The van der Waals surface area contributed by atoms with E-state index in [-0.39, 0.29) is 5.56 Å². The van der Waals surface area contributed by atoms with Crippen molar-refractivity contribution in [2.45, 2.75) is 13.8 Å². The van der Waals surface area contributed by atoms with E-state index in [0.29, 0.717) is 22.8 Å². The summed E-state index contributed by atoms with van der Waals surface area (Å²) in [6.45, 7) is 4.43. The fourth-order valence-corrected chi connectivity index (χ4v) is 1.88. The van der Waals surface area contributed by atoms with E-state index in [1.54, 1.807) is 24.4 Å². The number of benzene rings is 1. The topological polar surface area (TPSA) is 50.1 Å². The summed E-state index contributed by atoms with van der Waals surface area (Å²) in [6.07, 6.45) is 1.61. The molecule has 94 valence electrons. The lowest BCUT2D eigenvalue weighted by atomic mass is 10.3. The fraction of sp³-hybridized carbons (Fsp3) is 0.231. The minimum atomic E-state index is -0.119. The lowest BCUT2D eigenvalue weighted by Crippen LogP contribution is -2.17. The van der Waals surface area contributed by atoms with Gasteiger partial charge in [-0.2, -0.15) is 0 Å². The lowest BCUT2D eigenvalue weighted by molar-refractivity contribution is 0.835. The van der Waals surface area contributed by atoms with Crippen LogP contribution in [0.2, 0.25) is 5.02 Å². The van der Waals surface area contributed by atoms with Crippen molar-refractivity contribution in [1.82, 2.24) is 9.78 Å². The number of hydrogen-bond donors (Lipinski definition) is 1. The molecule has 5 heteroatoms. The number of H-pyrrole nitrogens is 1. The van der Waals surface area contributed by atoms with Crippen molar-refractivity contribution in [3.8, 4) is 5.69 Å². The molecule has 0 unspecified atom stereocenters. The molecule has 2 aromatic rings. The molecule has 0 atom stereocenters. The Morgan fingerprint density at radius 2 is 2.28 bits per heavy atom. The van der Waals surface area contributed by atoms with Gasteiger partial charge in [-0.3, -0.25) is 14.9 Å². The first-order valence-electron chi connectivity index (χ1n) is 5.71. The highest BCUT2D eigenvalue weighted by molar-refractivity contribution is 6.30. The van der Waals surface area contributed by atoms with Gasteiger partial charge in [-0.05, 0) is 32.0 Å². The van der Waals surface area contributed by atoms with Crippen LogP contribution in [-0.2, 0) is 0 Å². The summed E-state index contributed by atoms with van der Waals surface area (Å²) in [4.78, 5) is 16.3. The first kappa shape index (κ1) is 12.6. The van der Waals surface area contributed by atoms with Crippen LogP contribution < -0.4 is 5.56 Å². The number of nitrogens with zero attached hydrogens (tertiary/aromatic N) is 2. The van der Waals surface area contributed by atoms with Crippen molar-refractivity contribution in [2.24, 2.45) is 4.99 Å². The fourth-order valence-electron chi connectivity index (χ4n) is 1.69. The minimum absolute atomic E-state index is 0.119. The molecule has 18 heavy (non-hydrogen) atoms. The first-order chi connectivity index (χ1) is 8.63. The van der Waals surface area contributed by atoms with Crippen molar-refractivity contribution in [1.29, 1.82) is 0 Å². The molecule has 0 amide bonds. The quantitative estimate of drug-likeness (QED) is 0.850. The maximum atomic E-state index is 12.2. The van der Waals surface area contributed by atoms with Gasteiger partial charge in [-0.25, -0.2) is 4.68 Å². The molecule has 1 aromatic heterocycles. The number of hydrogen-bond acceptors (Lipinski definition) is 2. The molecule has 0 spiro atoms. The highest BCUT2D eigenvalue weighted by Crippen LogP contribution is 2.13. The molecule has 1 N–H and O–H groups in total. The Kier molecular flexibility index (Phi) is 3.67. The van der Waals surface area contributed by atoms with E-state index in [9.17, 15) is 4.79 Å². The molecular weight excluding hydrogens is 250 g/mol. The number of aromatic nitrogens is 2. The van der Waals surface area contributed by atoms with Gasteiger partial charge in [0.05, 0.1) is 11.3 Å². The first-order valence-corrected chi connectivity index (χ1v) is 6.08. The maximum Gasteiger partial charge on any atom is 0.280 e. The normalized spacial score (nSPS) is 11.3. The summed E-state index contributed by atoms with van der Waals surface area (Å²) in [5.74, 6) is 0. The SMILES string of the molecule is CCN=Cc1c(C)[nH]n(-c2cccc(Cl)c2)c1=O. The summed E-state index contributed by atoms with van der Waals surface area (Å²) in [5.41, 5.74) is 1.97. The summed E-state index contributed by atoms with van der Waals surface area (Å²) in [6, 6.07) is 7.13. The van der Waals surface area contributed by atoms with E-state index in [4.69, 9.17) is 11.6 Å². The van der Waals surface area contributed by atoms with Crippen LogP contribution in [0.25, 0.3) is 5.69 Å². The molecular formula is C13H14ClN3O. The van der Waals surface area contributed by atoms with Crippen molar-refractivity contribution in [3.05, 3.63) is 50.9 Å². The molecule has 1 heterocycles. The van der Waals surface area contributed by atoms with Gasteiger partial charge in [0.25, 0.3) is 5.56 Å². The monoisotopic (exact) mass is 263 g/mol. The third-order valence-corrected chi connectivity index (χ3v) is 2.82. The smallest absolute Gasteiger partial charge is 0.280 e. The number of halogens is 1. The summed E-state index contributed by atoms with van der Waals surface area (Å²) >= 11 is 5.92. The largest absolute Gasteiger partial charge is 0.295 e. The Bertz CT molecular complexity index is 640. The van der Waals surface area contributed by atoms with Crippen LogP contribution in [0.3, 0.4) is 0 Å². The van der Waals surface area contributed by atoms with Crippen LogP contribution in [0.1, 0.15) is 18.2 Å². The molecule has 0 aliphatic carbocycles. The average Bonchev–Trinajstić information content (AvgIpc) is 2.63. The van der Waals surface area contributed by atoms with Gasteiger partial charge >= 0.3 is 0 Å². The van der Waals surface area contributed by atoms with E-state index in [0.717, 1.165) is 5.69 Å². The summed E-state index contributed by atoms with van der Waals surface area (Å²) in [5, 5.41) is 3.61. The Balaban J connectivity index is 2.54. The van der Waals surface area contributed by atoms with Gasteiger partial charge in [0.2, 0.25) is 0 Å². The highest BCUT2D eigenvalue weighted by Gasteiger charge is 2.10. The van der Waals surface area contributed by atoms with E-state index in [1.165, 1.54) is 4.68 Å². The van der Waals surface area contributed by atoms with Crippen LogP contribution in [0.5, 0.6) is 0 Å². The second-order valence-corrected chi connectivity index (χ2v) is 4.34. The Morgan fingerprint density at radius 1 is 1.50 bits per heavy atom. The number of nitrogens with one attached hydrogen (secondary N) is 1.